The number of anilines is 1. The molecule has 20 heavy (non-hydrogen) atoms. The zero-order chi connectivity index (χ0) is 13.9. The minimum Gasteiger partial charge on any atom is -0.457 e. The van der Waals surface area contributed by atoms with Crippen molar-refractivity contribution in [3.63, 3.8) is 0 Å². The Hall–Kier alpha value is -2.00. The Labute approximate surface area is 122 Å². The first-order valence-electron chi connectivity index (χ1n) is 6.47. The topological polar surface area (TPSA) is 38.3 Å². The van der Waals surface area contributed by atoms with Crippen molar-refractivity contribution in [2.45, 2.75) is 12.0 Å². The molecule has 1 aliphatic rings. The van der Waals surface area contributed by atoms with Gasteiger partial charge in [-0.05, 0) is 17.7 Å². The summed E-state index contributed by atoms with van der Waals surface area (Å²) < 4.78 is 4.98. The van der Waals surface area contributed by atoms with Crippen LogP contribution in [0, 0.1) is 0 Å². The zero-order valence-corrected chi connectivity index (χ0v) is 11.6. The molecule has 1 unspecified atom stereocenters. The molecule has 0 aromatic heterocycles. The van der Waals surface area contributed by atoms with E-state index in [-0.39, 0.29) is 11.3 Å². The van der Waals surface area contributed by atoms with Gasteiger partial charge in [-0.25, -0.2) is 4.79 Å². The Kier molecular flexibility index (Phi) is 3.61. The highest BCUT2D eigenvalue weighted by atomic mass is 35.5. The second kappa shape index (κ2) is 5.55. The quantitative estimate of drug-likeness (QED) is 0.687. The van der Waals surface area contributed by atoms with Gasteiger partial charge in [0.05, 0.1) is 10.9 Å². The van der Waals surface area contributed by atoms with Crippen LogP contribution >= 0.6 is 11.6 Å². The molecule has 0 saturated carbocycles. The number of hydrogen-bond acceptors (Lipinski definition) is 3. The summed E-state index contributed by atoms with van der Waals surface area (Å²) in [6.45, 7) is 0.968. The maximum atomic E-state index is 11.5. The summed E-state index contributed by atoms with van der Waals surface area (Å²) >= 11 is 6.35. The first-order chi connectivity index (χ1) is 9.74. The summed E-state index contributed by atoms with van der Waals surface area (Å²) in [5, 5.41) is 3.14. The van der Waals surface area contributed by atoms with Gasteiger partial charge in [0, 0.05) is 17.8 Å². The van der Waals surface area contributed by atoms with Crippen molar-refractivity contribution in [1.82, 2.24) is 0 Å². The lowest BCUT2D eigenvalue weighted by Crippen LogP contribution is -2.08. The monoisotopic (exact) mass is 287 g/mol. The van der Waals surface area contributed by atoms with Gasteiger partial charge >= 0.3 is 5.97 Å². The average molecular weight is 288 g/mol. The number of benzene rings is 2. The van der Waals surface area contributed by atoms with Gasteiger partial charge in [0.1, 0.15) is 6.61 Å². The maximum absolute atomic E-state index is 11.5. The Balaban J connectivity index is 1.67. The van der Waals surface area contributed by atoms with Gasteiger partial charge < -0.3 is 10.1 Å². The average Bonchev–Trinajstić information content (AvgIpc) is 2.87. The van der Waals surface area contributed by atoms with Crippen LogP contribution in [0.5, 0.6) is 0 Å². The third kappa shape index (κ3) is 2.63. The molecule has 0 radical (unpaired) electrons. The number of fused-ring (bicyclic) bond motifs is 1. The molecule has 3 nitrogen and oxygen atoms in total. The van der Waals surface area contributed by atoms with Gasteiger partial charge in [0.2, 0.25) is 0 Å². The second-order valence-electron chi connectivity index (χ2n) is 4.71. The van der Waals surface area contributed by atoms with Gasteiger partial charge in [0.25, 0.3) is 0 Å². The fourth-order valence-electron chi connectivity index (χ4n) is 2.21. The van der Waals surface area contributed by atoms with Crippen LogP contribution in [-0.4, -0.2) is 12.5 Å². The van der Waals surface area contributed by atoms with Gasteiger partial charge in [0.15, 0.2) is 0 Å². The molecule has 0 bridgehead atoms. The predicted molar refractivity (Wildman–Crippen MR) is 79.1 cm³/mol. The number of hydrogen-bond donors (Lipinski definition) is 1. The minimum absolute atomic E-state index is 0.114. The smallest absolute Gasteiger partial charge is 0.338 e. The molecule has 0 aliphatic carbocycles. The van der Waals surface area contributed by atoms with Crippen molar-refractivity contribution in [3.05, 3.63) is 65.2 Å². The van der Waals surface area contributed by atoms with Gasteiger partial charge in [-0.3, -0.25) is 0 Å². The van der Waals surface area contributed by atoms with E-state index in [0.717, 1.165) is 16.8 Å². The normalized spacial score (nSPS) is 14.6. The summed E-state index contributed by atoms with van der Waals surface area (Å²) in [5.41, 5.74) is 3.53. The number of carbonyl (C=O) groups is 1. The van der Waals surface area contributed by atoms with Gasteiger partial charge in [-0.1, -0.05) is 36.4 Å². The van der Waals surface area contributed by atoms with Crippen molar-refractivity contribution < 1.29 is 9.53 Å². The Bertz CT molecular complexity index is 628. The van der Waals surface area contributed by atoms with E-state index < -0.39 is 0 Å². The van der Waals surface area contributed by atoms with E-state index in [1.807, 2.05) is 48.5 Å². The third-order valence-corrected chi connectivity index (χ3v) is 3.74. The Morgan fingerprint density at radius 1 is 1.20 bits per heavy atom. The number of esters is 1. The minimum atomic E-state index is -0.255. The lowest BCUT2D eigenvalue weighted by atomic mass is 10.1. The number of cyclic esters (lactones) is 1. The van der Waals surface area contributed by atoms with E-state index in [1.54, 1.807) is 0 Å². The van der Waals surface area contributed by atoms with Crippen LogP contribution in [0.4, 0.5) is 5.69 Å². The van der Waals surface area contributed by atoms with E-state index in [4.69, 9.17) is 16.3 Å². The lowest BCUT2D eigenvalue weighted by Gasteiger charge is -2.12. The van der Waals surface area contributed by atoms with Gasteiger partial charge in [-0.15, -0.1) is 11.6 Å². The van der Waals surface area contributed by atoms with E-state index >= 15 is 0 Å². The molecule has 0 amide bonds. The van der Waals surface area contributed by atoms with Crippen LogP contribution in [0.3, 0.4) is 0 Å². The maximum Gasteiger partial charge on any atom is 0.338 e. The number of nitrogens with one attached hydrogen (secondary N) is 1. The first kappa shape index (κ1) is 13.0. The second-order valence-corrected chi connectivity index (χ2v) is 5.23. The van der Waals surface area contributed by atoms with Crippen LogP contribution in [0.2, 0.25) is 0 Å². The van der Waals surface area contributed by atoms with Crippen LogP contribution < -0.4 is 5.32 Å². The van der Waals surface area contributed by atoms with E-state index in [9.17, 15) is 4.79 Å². The van der Waals surface area contributed by atoms with Crippen LogP contribution in [0.25, 0.3) is 0 Å². The zero-order valence-electron chi connectivity index (χ0n) is 10.8. The fraction of sp³-hybridized carbons (Fsp3) is 0.188. The molecular weight excluding hydrogens is 274 g/mol. The highest BCUT2D eigenvalue weighted by Crippen LogP contribution is 2.25. The molecule has 1 atom stereocenters. The first-order valence-corrected chi connectivity index (χ1v) is 6.90. The molecule has 1 N–H and O–H groups in total. The van der Waals surface area contributed by atoms with Crippen molar-refractivity contribution in [1.29, 1.82) is 0 Å². The number of ether oxygens (including phenoxy) is 1. The molecule has 1 aliphatic heterocycles. The molecular formula is C16H14ClNO2. The molecule has 1 heterocycles. The van der Waals surface area contributed by atoms with Crippen LogP contribution in [-0.2, 0) is 11.3 Å². The van der Waals surface area contributed by atoms with Crippen LogP contribution in [0.1, 0.15) is 26.9 Å². The largest absolute Gasteiger partial charge is 0.457 e. The van der Waals surface area contributed by atoms with Crippen molar-refractivity contribution in [2.24, 2.45) is 0 Å². The molecule has 102 valence electrons. The predicted octanol–water partition coefficient (Wildman–Crippen LogP) is 3.75. The van der Waals surface area contributed by atoms with Gasteiger partial charge in [-0.2, -0.15) is 0 Å². The van der Waals surface area contributed by atoms with Crippen molar-refractivity contribution in [3.8, 4) is 0 Å². The van der Waals surface area contributed by atoms with E-state index in [1.165, 1.54) is 0 Å². The molecule has 4 heteroatoms. The third-order valence-electron chi connectivity index (χ3n) is 3.34. The Morgan fingerprint density at radius 2 is 2.00 bits per heavy atom. The van der Waals surface area contributed by atoms with Crippen molar-refractivity contribution in [2.75, 3.05) is 11.9 Å². The molecule has 0 spiro atoms. The summed E-state index contributed by atoms with van der Waals surface area (Å²) in [5.74, 6) is -0.255. The molecule has 0 saturated heterocycles. The highest BCUT2D eigenvalue weighted by Gasteiger charge is 2.21. The number of carbonyl (C=O) groups excluding carboxylic acids is 1. The van der Waals surface area contributed by atoms with E-state index in [2.05, 4.69) is 5.32 Å². The number of alkyl halides is 1. The molecule has 0 fully saturated rings. The SMILES string of the molecule is O=C1OCc2ccc(NCC(Cl)c3ccccc3)cc21. The summed E-state index contributed by atoms with van der Waals surface area (Å²) in [6.07, 6.45) is 0. The fourth-order valence-corrected chi connectivity index (χ4v) is 2.43. The molecule has 2 aromatic rings. The molecule has 3 rings (SSSR count). The standard InChI is InChI=1S/C16H14ClNO2/c17-15(11-4-2-1-3-5-11)9-18-13-7-6-12-10-20-16(19)14(12)8-13/h1-8,15,18H,9-10H2. The summed E-state index contributed by atoms with van der Waals surface area (Å²) in [7, 11) is 0. The lowest BCUT2D eigenvalue weighted by molar-refractivity contribution is 0.0535. The van der Waals surface area contributed by atoms with E-state index in [0.29, 0.717) is 18.7 Å². The molecule has 2 aromatic carbocycles. The van der Waals surface area contributed by atoms with Crippen molar-refractivity contribution >= 4 is 23.3 Å². The number of rotatable bonds is 4. The summed E-state index contributed by atoms with van der Waals surface area (Å²) in [6, 6.07) is 15.6. The van der Waals surface area contributed by atoms with Crippen LogP contribution in [0.15, 0.2) is 48.5 Å². The highest BCUT2D eigenvalue weighted by molar-refractivity contribution is 6.21. The Morgan fingerprint density at radius 3 is 2.80 bits per heavy atom. The summed E-state index contributed by atoms with van der Waals surface area (Å²) in [4.78, 5) is 11.5. The number of halogens is 1.